The van der Waals surface area contributed by atoms with Gasteiger partial charge in [-0.3, -0.25) is 4.99 Å². The van der Waals surface area contributed by atoms with Crippen LogP contribution in [0.25, 0.3) is 0 Å². The van der Waals surface area contributed by atoms with Crippen molar-refractivity contribution in [2.24, 2.45) is 16.8 Å². The molecule has 2 unspecified atom stereocenters. The monoisotopic (exact) mass is 286 g/mol. The Morgan fingerprint density at radius 1 is 1.32 bits per heavy atom. The van der Waals surface area contributed by atoms with Gasteiger partial charge in [-0.25, -0.2) is 0 Å². The van der Waals surface area contributed by atoms with Crippen molar-refractivity contribution >= 4 is 16.9 Å². The van der Waals surface area contributed by atoms with Crippen LogP contribution in [-0.2, 0) is 4.74 Å². The Labute approximate surface area is 123 Å². The van der Waals surface area contributed by atoms with E-state index in [0.717, 1.165) is 30.8 Å². The van der Waals surface area contributed by atoms with E-state index < -0.39 is 0 Å². The summed E-state index contributed by atoms with van der Waals surface area (Å²) in [7, 11) is 0. The highest BCUT2D eigenvalue weighted by atomic mass is 32.2. The van der Waals surface area contributed by atoms with E-state index in [2.05, 4.69) is 38.0 Å². The molecule has 0 bridgehead atoms. The Hall–Kier alpha value is -0.220. The molecule has 0 spiro atoms. The maximum atomic E-state index is 5.56. The van der Waals surface area contributed by atoms with E-state index in [1.165, 1.54) is 12.8 Å². The van der Waals surface area contributed by atoms with E-state index in [1.807, 2.05) is 18.7 Å². The molecule has 0 amide bonds. The first-order chi connectivity index (χ1) is 9.12. The normalized spacial score (nSPS) is 21.0. The molecule has 19 heavy (non-hydrogen) atoms. The van der Waals surface area contributed by atoms with Gasteiger partial charge in [-0.05, 0) is 18.8 Å². The molecule has 112 valence electrons. The van der Waals surface area contributed by atoms with E-state index in [4.69, 9.17) is 4.74 Å². The Bertz CT molecular complexity index is 277. The topological polar surface area (TPSA) is 33.6 Å². The number of nitrogens with zero attached hydrogens (tertiary/aromatic N) is 1. The van der Waals surface area contributed by atoms with Crippen LogP contribution in [0.2, 0.25) is 0 Å². The summed E-state index contributed by atoms with van der Waals surface area (Å²) in [6.45, 7) is 13.6. The number of amidine groups is 1. The average Bonchev–Trinajstić information content (AvgIpc) is 2.84. The molecule has 0 fully saturated rings. The molecule has 0 aromatic rings. The fourth-order valence-electron chi connectivity index (χ4n) is 2.33. The number of hydrogen-bond acceptors (Lipinski definition) is 4. The fraction of sp³-hybridized carbons (Fsp3) is 0.933. The van der Waals surface area contributed by atoms with Crippen molar-refractivity contribution in [3.05, 3.63) is 0 Å². The lowest BCUT2D eigenvalue weighted by Gasteiger charge is -2.24. The van der Waals surface area contributed by atoms with Crippen molar-refractivity contribution in [3.63, 3.8) is 0 Å². The van der Waals surface area contributed by atoms with Crippen molar-refractivity contribution in [2.75, 3.05) is 19.8 Å². The smallest absolute Gasteiger partial charge is 0.157 e. The summed E-state index contributed by atoms with van der Waals surface area (Å²) in [4.78, 5) is 4.68. The van der Waals surface area contributed by atoms with Gasteiger partial charge in [0.25, 0.3) is 0 Å². The Kier molecular flexibility index (Phi) is 7.84. The van der Waals surface area contributed by atoms with Gasteiger partial charge in [-0.1, -0.05) is 52.3 Å². The van der Waals surface area contributed by atoms with Crippen LogP contribution in [0.5, 0.6) is 0 Å². The summed E-state index contributed by atoms with van der Waals surface area (Å²) in [5.74, 6) is 1.35. The van der Waals surface area contributed by atoms with Crippen molar-refractivity contribution in [1.82, 2.24) is 5.32 Å². The average molecular weight is 286 g/mol. The quantitative estimate of drug-likeness (QED) is 0.741. The van der Waals surface area contributed by atoms with Gasteiger partial charge in [-0.2, -0.15) is 0 Å². The first kappa shape index (κ1) is 16.8. The zero-order valence-corrected chi connectivity index (χ0v) is 13.9. The summed E-state index contributed by atoms with van der Waals surface area (Å²) < 4.78 is 5.56. The molecule has 1 aliphatic rings. The largest absolute Gasteiger partial charge is 0.380 e. The number of rotatable bonds is 8. The SMILES string of the molecule is CCOCC(NC1=NCC(C(CC)CC)S1)C(C)C. The predicted molar refractivity (Wildman–Crippen MR) is 86.0 cm³/mol. The maximum absolute atomic E-state index is 5.56. The van der Waals surface area contributed by atoms with E-state index in [-0.39, 0.29) is 0 Å². The van der Waals surface area contributed by atoms with Crippen LogP contribution >= 0.6 is 11.8 Å². The van der Waals surface area contributed by atoms with E-state index in [1.54, 1.807) is 0 Å². The van der Waals surface area contributed by atoms with Gasteiger partial charge in [-0.15, -0.1) is 0 Å². The zero-order valence-electron chi connectivity index (χ0n) is 13.1. The van der Waals surface area contributed by atoms with Gasteiger partial charge in [0, 0.05) is 11.9 Å². The van der Waals surface area contributed by atoms with Crippen LogP contribution in [-0.4, -0.2) is 36.2 Å². The Morgan fingerprint density at radius 3 is 2.53 bits per heavy atom. The molecular weight excluding hydrogens is 256 g/mol. The molecular formula is C15H30N2OS. The third kappa shape index (κ3) is 5.35. The molecule has 1 heterocycles. The standard InChI is InChI=1S/C15H30N2OS/c1-6-12(7-2)14-9-16-15(19-14)17-13(11(4)5)10-18-8-3/h11-14H,6-10H2,1-5H3,(H,16,17). The van der Waals surface area contributed by atoms with Crippen molar-refractivity contribution in [1.29, 1.82) is 0 Å². The van der Waals surface area contributed by atoms with Crippen LogP contribution < -0.4 is 5.32 Å². The Balaban J connectivity index is 2.44. The van der Waals surface area contributed by atoms with Gasteiger partial charge in [0.15, 0.2) is 5.17 Å². The fourth-order valence-corrected chi connectivity index (χ4v) is 3.72. The first-order valence-electron chi connectivity index (χ1n) is 7.67. The van der Waals surface area contributed by atoms with Crippen LogP contribution in [0, 0.1) is 11.8 Å². The highest BCUT2D eigenvalue weighted by molar-refractivity contribution is 8.14. The maximum Gasteiger partial charge on any atom is 0.157 e. The van der Waals surface area contributed by atoms with Gasteiger partial charge in [0.1, 0.15) is 0 Å². The second-order valence-corrected chi connectivity index (χ2v) is 6.76. The molecule has 3 nitrogen and oxygen atoms in total. The summed E-state index contributed by atoms with van der Waals surface area (Å²) in [5.41, 5.74) is 0. The van der Waals surface area contributed by atoms with Gasteiger partial charge in [0.05, 0.1) is 19.2 Å². The van der Waals surface area contributed by atoms with Crippen molar-refractivity contribution in [3.8, 4) is 0 Å². The summed E-state index contributed by atoms with van der Waals surface area (Å²) in [6, 6.07) is 0.367. The third-order valence-corrected chi connectivity index (χ3v) is 5.17. The van der Waals surface area contributed by atoms with Crippen LogP contribution in [0.15, 0.2) is 4.99 Å². The second-order valence-electron chi connectivity index (χ2n) is 5.53. The molecule has 0 saturated heterocycles. The Morgan fingerprint density at radius 2 is 2.00 bits per heavy atom. The van der Waals surface area contributed by atoms with Crippen LogP contribution in [0.4, 0.5) is 0 Å². The molecule has 0 radical (unpaired) electrons. The molecule has 1 rings (SSSR count). The van der Waals surface area contributed by atoms with Gasteiger partial charge in [0.2, 0.25) is 0 Å². The minimum atomic E-state index is 0.367. The molecule has 0 saturated carbocycles. The molecule has 0 aromatic carbocycles. The van der Waals surface area contributed by atoms with Crippen LogP contribution in [0.1, 0.15) is 47.5 Å². The van der Waals surface area contributed by atoms with E-state index in [0.29, 0.717) is 17.2 Å². The number of hydrogen-bond donors (Lipinski definition) is 1. The molecule has 2 atom stereocenters. The molecule has 0 aromatic heterocycles. The molecule has 4 heteroatoms. The summed E-state index contributed by atoms with van der Waals surface area (Å²) in [6.07, 6.45) is 2.51. The summed E-state index contributed by atoms with van der Waals surface area (Å²) >= 11 is 1.93. The van der Waals surface area contributed by atoms with Crippen LogP contribution in [0.3, 0.4) is 0 Å². The van der Waals surface area contributed by atoms with Gasteiger partial charge >= 0.3 is 0 Å². The minimum Gasteiger partial charge on any atom is -0.380 e. The number of nitrogens with one attached hydrogen (secondary N) is 1. The summed E-state index contributed by atoms with van der Waals surface area (Å²) in [5, 5.41) is 5.36. The zero-order chi connectivity index (χ0) is 14.3. The highest BCUT2D eigenvalue weighted by Crippen LogP contribution is 2.30. The number of thioether (sulfide) groups is 1. The highest BCUT2D eigenvalue weighted by Gasteiger charge is 2.27. The van der Waals surface area contributed by atoms with Gasteiger partial charge < -0.3 is 10.1 Å². The lowest BCUT2D eigenvalue weighted by Crippen LogP contribution is -2.40. The lowest BCUT2D eigenvalue weighted by molar-refractivity contribution is 0.115. The van der Waals surface area contributed by atoms with E-state index >= 15 is 0 Å². The molecule has 1 N–H and O–H groups in total. The third-order valence-electron chi connectivity index (χ3n) is 3.87. The first-order valence-corrected chi connectivity index (χ1v) is 8.55. The van der Waals surface area contributed by atoms with E-state index in [9.17, 15) is 0 Å². The number of aliphatic imine (C=N–C) groups is 1. The minimum absolute atomic E-state index is 0.367. The number of ether oxygens (including phenoxy) is 1. The lowest BCUT2D eigenvalue weighted by atomic mass is 9.99. The second kappa shape index (κ2) is 8.85. The molecule has 1 aliphatic heterocycles. The van der Waals surface area contributed by atoms with Crippen molar-refractivity contribution < 1.29 is 4.74 Å². The van der Waals surface area contributed by atoms with Crippen molar-refractivity contribution in [2.45, 2.75) is 58.8 Å². The molecule has 0 aliphatic carbocycles. The predicted octanol–water partition coefficient (Wildman–Crippen LogP) is 3.54.